The average molecular weight is 377 g/mol. The highest BCUT2D eigenvalue weighted by Gasteiger charge is 2.17. The Kier molecular flexibility index (Phi) is 5.23. The van der Waals surface area contributed by atoms with Gasteiger partial charge in [0.1, 0.15) is 11.5 Å². The third kappa shape index (κ3) is 3.63. The number of hydrazine groups is 1. The van der Waals surface area contributed by atoms with Gasteiger partial charge in [-0.3, -0.25) is 10.2 Å². The quantitative estimate of drug-likeness (QED) is 0.211. The molecule has 0 bridgehead atoms. The van der Waals surface area contributed by atoms with Crippen molar-refractivity contribution in [1.82, 2.24) is 20.2 Å². The van der Waals surface area contributed by atoms with Crippen LogP contribution in [0.25, 0.3) is 5.82 Å². The minimum Gasteiger partial charge on any atom is -0.382 e. The topological polar surface area (TPSA) is 124 Å². The Morgan fingerprint density at radius 2 is 1.89 bits per heavy atom. The lowest BCUT2D eigenvalue weighted by Gasteiger charge is -2.12. The van der Waals surface area contributed by atoms with Crippen LogP contribution in [0.3, 0.4) is 0 Å². The first kappa shape index (κ1) is 19.2. The van der Waals surface area contributed by atoms with Gasteiger partial charge in [0.15, 0.2) is 5.82 Å². The summed E-state index contributed by atoms with van der Waals surface area (Å²) in [7, 11) is 0. The fourth-order valence-corrected chi connectivity index (χ4v) is 3.08. The molecule has 0 unspecified atom stereocenters. The minimum absolute atomic E-state index is 0.226. The monoisotopic (exact) mass is 377 g/mol. The number of nitrogen functional groups attached to an aromatic ring is 1. The van der Waals surface area contributed by atoms with Gasteiger partial charge in [-0.05, 0) is 62.6 Å². The number of pyridine rings is 1. The smallest absolute Gasteiger partial charge is 0.267 e. The predicted octanol–water partition coefficient (Wildman–Crippen LogP) is 2.14. The molecule has 5 N–H and O–H groups in total. The van der Waals surface area contributed by atoms with E-state index in [1.807, 2.05) is 52.0 Å². The number of aryl methyl sites for hydroxylation is 4. The van der Waals surface area contributed by atoms with Crippen molar-refractivity contribution in [3.63, 3.8) is 0 Å². The maximum atomic E-state index is 12.2. The van der Waals surface area contributed by atoms with E-state index in [2.05, 4.69) is 20.5 Å². The second-order valence-electron chi connectivity index (χ2n) is 6.68. The first-order valence-corrected chi connectivity index (χ1v) is 8.77. The molecule has 0 atom stereocenters. The number of nitrogens with two attached hydrogens (primary N) is 2. The van der Waals surface area contributed by atoms with E-state index in [0.29, 0.717) is 22.8 Å². The van der Waals surface area contributed by atoms with Gasteiger partial charge >= 0.3 is 0 Å². The van der Waals surface area contributed by atoms with Crippen LogP contribution in [0, 0.1) is 27.7 Å². The molecule has 0 radical (unpaired) electrons. The van der Waals surface area contributed by atoms with Crippen molar-refractivity contribution in [2.45, 2.75) is 27.7 Å². The van der Waals surface area contributed by atoms with E-state index >= 15 is 0 Å². The lowest BCUT2D eigenvalue weighted by molar-refractivity contribution is 0.0954. The Balaban J connectivity index is 2.17. The van der Waals surface area contributed by atoms with Crippen LogP contribution in [-0.4, -0.2) is 26.5 Å². The number of rotatable bonds is 4. The number of benzene rings is 1. The number of amides is 1. The number of carbonyl (C=O) groups is 1. The van der Waals surface area contributed by atoms with E-state index in [1.165, 1.54) is 0 Å². The van der Waals surface area contributed by atoms with Crippen LogP contribution in [-0.2, 0) is 0 Å². The molecule has 2 heterocycles. The Labute approximate surface area is 163 Å². The fourth-order valence-electron chi connectivity index (χ4n) is 3.08. The summed E-state index contributed by atoms with van der Waals surface area (Å²) in [5.41, 5.74) is 13.4. The van der Waals surface area contributed by atoms with Gasteiger partial charge in [-0.2, -0.15) is 5.10 Å². The molecule has 3 rings (SSSR count). The summed E-state index contributed by atoms with van der Waals surface area (Å²) in [6.45, 7) is 7.59. The van der Waals surface area contributed by atoms with Gasteiger partial charge in [0.2, 0.25) is 0 Å². The Morgan fingerprint density at radius 3 is 2.57 bits per heavy atom. The molecule has 0 saturated heterocycles. The molecular formula is C20H23N7O. The van der Waals surface area contributed by atoms with Gasteiger partial charge in [-0.1, -0.05) is 12.1 Å². The first-order valence-electron chi connectivity index (χ1n) is 8.77. The summed E-state index contributed by atoms with van der Waals surface area (Å²) >= 11 is 0. The van der Waals surface area contributed by atoms with Gasteiger partial charge in [0.25, 0.3) is 5.91 Å². The van der Waals surface area contributed by atoms with Crippen LogP contribution in [0.2, 0.25) is 0 Å². The summed E-state index contributed by atoms with van der Waals surface area (Å²) in [6.07, 6.45) is 1.70. The van der Waals surface area contributed by atoms with Gasteiger partial charge in [0, 0.05) is 6.20 Å². The second kappa shape index (κ2) is 7.61. The van der Waals surface area contributed by atoms with E-state index in [4.69, 9.17) is 11.6 Å². The number of carbonyl (C=O) groups excluding carboxylic acids is 1. The predicted molar refractivity (Wildman–Crippen MR) is 109 cm³/mol. The van der Waals surface area contributed by atoms with Gasteiger partial charge in [-0.25, -0.2) is 20.5 Å². The van der Waals surface area contributed by atoms with Crippen molar-refractivity contribution in [3.05, 3.63) is 70.2 Å². The molecule has 2 aromatic heterocycles. The fraction of sp³-hybridized carbons (Fsp3) is 0.200. The Bertz CT molecular complexity index is 1080. The van der Waals surface area contributed by atoms with Gasteiger partial charge in [-0.15, -0.1) is 0 Å². The summed E-state index contributed by atoms with van der Waals surface area (Å²) in [6, 6.07) is 9.31. The van der Waals surface area contributed by atoms with E-state index < -0.39 is 5.91 Å². The molecule has 8 nitrogen and oxygen atoms in total. The maximum absolute atomic E-state index is 12.2. The second-order valence-corrected chi connectivity index (χ2v) is 6.68. The van der Waals surface area contributed by atoms with Crippen LogP contribution in [0.4, 0.5) is 5.69 Å². The van der Waals surface area contributed by atoms with Crippen molar-refractivity contribution in [3.8, 4) is 5.82 Å². The number of nitrogens with one attached hydrogen (secondary N) is 1. The highest BCUT2D eigenvalue weighted by Crippen LogP contribution is 2.27. The summed E-state index contributed by atoms with van der Waals surface area (Å²) in [5.74, 6) is 5.80. The van der Waals surface area contributed by atoms with Crippen LogP contribution in [0.1, 0.15) is 38.4 Å². The Morgan fingerprint density at radius 1 is 1.14 bits per heavy atom. The van der Waals surface area contributed by atoms with Crippen molar-refractivity contribution in [2.75, 3.05) is 0 Å². The number of hydrogen-bond acceptors (Lipinski definition) is 5. The normalized spacial score (nSPS) is 11.5. The van der Waals surface area contributed by atoms with Crippen molar-refractivity contribution in [1.29, 1.82) is 0 Å². The molecule has 0 spiro atoms. The van der Waals surface area contributed by atoms with Crippen LogP contribution in [0.5, 0.6) is 0 Å². The lowest BCUT2D eigenvalue weighted by atomic mass is 10.0. The SMILES string of the molecule is Cc1cc(C)c(N=C(N)c2cc(C)nn2-c2ncccc2C)c(C(=O)NN)c1. The molecule has 0 aliphatic heterocycles. The maximum Gasteiger partial charge on any atom is 0.267 e. The van der Waals surface area contributed by atoms with Crippen molar-refractivity contribution >= 4 is 17.4 Å². The summed E-state index contributed by atoms with van der Waals surface area (Å²) in [4.78, 5) is 21.2. The molecule has 28 heavy (non-hydrogen) atoms. The lowest BCUT2D eigenvalue weighted by Crippen LogP contribution is -2.30. The molecule has 3 aromatic rings. The Hall–Kier alpha value is -3.52. The summed E-state index contributed by atoms with van der Waals surface area (Å²) < 4.78 is 1.66. The molecule has 0 aliphatic rings. The summed E-state index contributed by atoms with van der Waals surface area (Å²) in [5, 5.41) is 4.51. The van der Waals surface area contributed by atoms with Crippen LogP contribution >= 0.6 is 0 Å². The molecule has 1 aromatic carbocycles. The first-order chi connectivity index (χ1) is 13.3. The molecule has 0 fully saturated rings. The zero-order valence-electron chi connectivity index (χ0n) is 16.3. The minimum atomic E-state index is -0.427. The third-order valence-corrected chi connectivity index (χ3v) is 4.33. The van der Waals surface area contributed by atoms with Crippen LogP contribution in [0.15, 0.2) is 41.5 Å². The highest BCUT2D eigenvalue weighted by atomic mass is 16.2. The average Bonchev–Trinajstić information content (AvgIpc) is 3.05. The molecule has 1 amide bonds. The van der Waals surface area contributed by atoms with E-state index in [9.17, 15) is 4.79 Å². The number of hydrogen-bond donors (Lipinski definition) is 3. The van der Waals surface area contributed by atoms with Gasteiger partial charge < -0.3 is 5.73 Å². The number of nitrogens with zero attached hydrogens (tertiary/aromatic N) is 4. The van der Waals surface area contributed by atoms with Crippen molar-refractivity contribution in [2.24, 2.45) is 16.6 Å². The molecule has 0 aliphatic carbocycles. The standard InChI is InChI=1S/C20H23N7O/c1-11-8-13(3)17(15(9-11)20(28)25-22)24-18(21)16-10-14(4)26-27(16)19-12(2)6-5-7-23-19/h5-10H,22H2,1-4H3,(H2,21,24)(H,25,28). The van der Waals surface area contributed by atoms with E-state index in [0.717, 1.165) is 22.4 Å². The molecular weight excluding hydrogens is 354 g/mol. The number of aromatic nitrogens is 3. The molecule has 0 saturated carbocycles. The van der Waals surface area contributed by atoms with Crippen molar-refractivity contribution < 1.29 is 4.79 Å². The number of amidine groups is 1. The van der Waals surface area contributed by atoms with Crippen LogP contribution < -0.4 is 17.0 Å². The van der Waals surface area contributed by atoms with Gasteiger partial charge in [0.05, 0.1) is 16.9 Å². The third-order valence-electron chi connectivity index (χ3n) is 4.33. The molecule has 144 valence electrons. The zero-order chi connectivity index (χ0) is 20.4. The molecule has 8 heteroatoms. The highest BCUT2D eigenvalue weighted by molar-refractivity contribution is 6.03. The number of aliphatic imine (C=N–C) groups is 1. The zero-order valence-corrected chi connectivity index (χ0v) is 16.3. The van der Waals surface area contributed by atoms with E-state index in [1.54, 1.807) is 16.9 Å². The van der Waals surface area contributed by atoms with E-state index in [-0.39, 0.29) is 5.84 Å². The largest absolute Gasteiger partial charge is 0.382 e.